The fraction of sp³-hybridized carbons (Fsp3) is 0.500. The second-order valence-corrected chi connectivity index (χ2v) is 9.83. The van der Waals surface area contributed by atoms with Gasteiger partial charge in [0.25, 0.3) is 11.8 Å². The normalized spacial score (nSPS) is 21.2. The van der Waals surface area contributed by atoms with Gasteiger partial charge in [0.05, 0.1) is 32.4 Å². The number of thiazole rings is 1. The number of hydrogen-bond donors (Lipinski definition) is 3. The Hall–Kier alpha value is -2.68. The van der Waals surface area contributed by atoms with Crippen molar-refractivity contribution in [3.63, 3.8) is 0 Å². The third kappa shape index (κ3) is 4.72. The van der Waals surface area contributed by atoms with Crippen LogP contribution >= 0.6 is 23.1 Å². The highest BCUT2D eigenvalue weighted by atomic mass is 32.2. The highest BCUT2D eigenvalue weighted by Gasteiger charge is 2.53. The minimum atomic E-state index is -1.45. The zero-order valence-electron chi connectivity index (χ0n) is 17.7. The average molecular weight is 485 g/mol. The molecule has 1 fully saturated rings. The molecule has 32 heavy (non-hydrogen) atoms. The molecule has 2 unspecified atom stereocenters. The van der Waals surface area contributed by atoms with Gasteiger partial charge in [0.1, 0.15) is 37.3 Å². The molecule has 0 aromatic carbocycles. The molecule has 1 aromatic rings. The number of oxime groups is 1. The minimum Gasteiger partial charge on any atom is -0.543 e. The van der Waals surface area contributed by atoms with E-state index < -0.39 is 29.2 Å². The van der Waals surface area contributed by atoms with Gasteiger partial charge in [0.15, 0.2) is 10.8 Å². The first-order chi connectivity index (χ1) is 15.1. The van der Waals surface area contributed by atoms with Gasteiger partial charge in [-0.2, -0.15) is 0 Å². The van der Waals surface area contributed by atoms with E-state index in [1.54, 1.807) is 0 Å². The first-order valence-corrected chi connectivity index (χ1v) is 11.5. The Kier molecular flexibility index (Phi) is 7.07. The number of fused-ring (bicyclic) bond motifs is 1. The number of carboxylic acids is 1. The quantitative estimate of drug-likeness (QED) is 0.149. The number of carbonyl (C=O) groups excluding carboxylic acids is 3. The molecule has 14 heteroatoms. The van der Waals surface area contributed by atoms with E-state index in [4.69, 9.17) is 10.6 Å². The standard InChI is InChI=1S/C18H24N6O6S2/c1-24(2,4-5-25)6-9-7-31-16-12(15(27)23(16)13(9)17(28)29)21-14(26)11(22-30-3)10-8-32-18(19)20-10/h8,12,16,25H,4-7H2,1-3H3,(H3-,19,20,21,26,28,29)/b22-11-. The molecule has 2 aliphatic heterocycles. The van der Waals surface area contributed by atoms with E-state index in [9.17, 15) is 24.6 Å². The van der Waals surface area contributed by atoms with Crippen LogP contribution in [-0.2, 0) is 19.2 Å². The number of β-lactam (4-membered cyclic amide) rings is 1. The molecule has 0 radical (unpaired) electrons. The van der Waals surface area contributed by atoms with E-state index in [2.05, 4.69) is 15.5 Å². The number of thioether (sulfide) groups is 1. The molecule has 2 aliphatic rings. The van der Waals surface area contributed by atoms with Gasteiger partial charge in [-0.1, -0.05) is 5.16 Å². The van der Waals surface area contributed by atoms with Crippen molar-refractivity contribution in [1.29, 1.82) is 0 Å². The van der Waals surface area contributed by atoms with Crippen molar-refractivity contribution < 1.29 is 33.9 Å². The topological polar surface area (TPSA) is 170 Å². The number of nitrogen functional groups attached to an aromatic ring is 1. The minimum absolute atomic E-state index is 0.0521. The predicted octanol–water partition coefficient (Wildman–Crippen LogP) is -2.45. The fourth-order valence-corrected chi connectivity index (χ4v) is 5.44. The Balaban J connectivity index is 1.79. The summed E-state index contributed by atoms with van der Waals surface area (Å²) in [4.78, 5) is 47.3. The molecular formula is C18H24N6O6S2. The van der Waals surface area contributed by atoms with Gasteiger partial charge in [0.2, 0.25) is 0 Å². The number of anilines is 1. The van der Waals surface area contributed by atoms with Crippen molar-refractivity contribution in [2.45, 2.75) is 11.4 Å². The molecule has 0 spiro atoms. The first-order valence-electron chi connectivity index (χ1n) is 9.54. The number of nitrogens with zero attached hydrogens (tertiary/aromatic N) is 4. The van der Waals surface area contributed by atoms with E-state index in [1.807, 2.05) is 14.1 Å². The summed E-state index contributed by atoms with van der Waals surface area (Å²) < 4.78 is 0.351. The lowest BCUT2D eigenvalue weighted by atomic mass is 10.0. The van der Waals surface area contributed by atoms with Crippen molar-refractivity contribution >= 4 is 51.7 Å². The number of aliphatic carboxylic acids is 1. The number of carboxylic acid groups (broad SMARTS) is 1. The van der Waals surface area contributed by atoms with Gasteiger partial charge in [-0.15, -0.1) is 23.1 Å². The van der Waals surface area contributed by atoms with Crippen LogP contribution in [0.2, 0.25) is 0 Å². The molecule has 3 heterocycles. The molecular weight excluding hydrogens is 460 g/mol. The number of aromatic nitrogens is 1. The molecule has 0 saturated carbocycles. The lowest BCUT2D eigenvalue weighted by Crippen LogP contribution is -2.71. The van der Waals surface area contributed by atoms with Crippen LogP contribution in [0.5, 0.6) is 0 Å². The van der Waals surface area contributed by atoms with E-state index in [-0.39, 0.29) is 28.8 Å². The third-order valence-electron chi connectivity index (χ3n) is 5.01. The maximum atomic E-state index is 12.8. The number of aliphatic hydroxyl groups is 1. The monoisotopic (exact) mass is 484 g/mol. The Morgan fingerprint density at radius 3 is 2.78 bits per heavy atom. The predicted molar refractivity (Wildman–Crippen MR) is 116 cm³/mol. The summed E-state index contributed by atoms with van der Waals surface area (Å²) in [5.41, 5.74) is 6.04. The van der Waals surface area contributed by atoms with Gasteiger partial charge in [-0.25, -0.2) is 4.98 Å². The van der Waals surface area contributed by atoms with Crippen molar-refractivity contribution in [2.75, 3.05) is 52.4 Å². The van der Waals surface area contributed by atoms with E-state index in [0.717, 1.165) is 16.2 Å². The number of amides is 2. The number of nitrogens with two attached hydrogens (primary N) is 1. The van der Waals surface area contributed by atoms with E-state index >= 15 is 0 Å². The molecule has 12 nitrogen and oxygen atoms in total. The number of likely N-dealkylation sites (N-methyl/N-ethyl adjacent to an activating group) is 1. The highest BCUT2D eigenvalue weighted by molar-refractivity contribution is 8.00. The molecule has 3 rings (SSSR count). The molecule has 1 aromatic heterocycles. The number of rotatable bonds is 9. The van der Waals surface area contributed by atoms with Crippen LogP contribution in [0.25, 0.3) is 0 Å². The molecule has 2 atom stereocenters. The van der Waals surface area contributed by atoms with Crippen LogP contribution in [0.4, 0.5) is 5.13 Å². The Labute approximate surface area is 192 Å². The summed E-state index contributed by atoms with van der Waals surface area (Å²) in [6.07, 6.45) is 0. The maximum Gasteiger partial charge on any atom is 0.276 e. The van der Waals surface area contributed by atoms with Crippen LogP contribution in [0.1, 0.15) is 5.69 Å². The number of aliphatic hydroxyl groups excluding tert-OH is 1. The summed E-state index contributed by atoms with van der Waals surface area (Å²) in [6.45, 7) is 0.705. The van der Waals surface area contributed by atoms with Crippen molar-refractivity contribution in [2.24, 2.45) is 5.16 Å². The second-order valence-electron chi connectivity index (χ2n) is 7.84. The van der Waals surface area contributed by atoms with Gasteiger partial charge in [-0.05, 0) is 0 Å². The summed E-state index contributed by atoms with van der Waals surface area (Å²) >= 11 is 2.46. The van der Waals surface area contributed by atoms with Crippen LogP contribution in [-0.4, -0.2) is 101 Å². The molecule has 2 amide bonds. The van der Waals surface area contributed by atoms with Crippen LogP contribution < -0.4 is 16.2 Å². The molecule has 1 saturated heterocycles. The Morgan fingerprint density at radius 1 is 1.50 bits per heavy atom. The zero-order chi connectivity index (χ0) is 23.6. The van der Waals surface area contributed by atoms with Crippen LogP contribution in [0.15, 0.2) is 21.8 Å². The number of nitrogens with one attached hydrogen (secondary N) is 1. The van der Waals surface area contributed by atoms with Gasteiger partial charge >= 0.3 is 0 Å². The Bertz CT molecular complexity index is 990. The largest absolute Gasteiger partial charge is 0.543 e. The fourth-order valence-electron chi connectivity index (χ4n) is 3.56. The van der Waals surface area contributed by atoms with E-state index in [1.165, 1.54) is 24.3 Å². The first kappa shape index (κ1) is 24.0. The van der Waals surface area contributed by atoms with E-state index in [0.29, 0.717) is 28.9 Å². The maximum absolute atomic E-state index is 12.8. The summed E-state index contributed by atoms with van der Waals surface area (Å²) in [5.74, 6) is -2.36. The van der Waals surface area contributed by atoms with Crippen molar-refractivity contribution in [1.82, 2.24) is 15.2 Å². The molecule has 174 valence electrons. The van der Waals surface area contributed by atoms with Crippen molar-refractivity contribution in [3.8, 4) is 0 Å². The van der Waals surface area contributed by atoms with Crippen LogP contribution in [0, 0.1) is 0 Å². The molecule has 0 bridgehead atoms. The average Bonchev–Trinajstić information content (AvgIpc) is 3.14. The summed E-state index contributed by atoms with van der Waals surface area (Å²) in [6, 6.07) is -0.943. The van der Waals surface area contributed by atoms with Crippen LogP contribution in [0.3, 0.4) is 0 Å². The molecule has 0 aliphatic carbocycles. The Morgan fingerprint density at radius 2 is 2.22 bits per heavy atom. The second kappa shape index (κ2) is 9.44. The smallest absolute Gasteiger partial charge is 0.276 e. The summed E-state index contributed by atoms with van der Waals surface area (Å²) in [5, 5.41) is 28.6. The van der Waals surface area contributed by atoms with Gasteiger partial charge in [-0.3, -0.25) is 14.5 Å². The zero-order valence-corrected chi connectivity index (χ0v) is 19.4. The number of hydrogen-bond acceptors (Lipinski definition) is 11. The van der Waals surface area contributed by atoms with Gasteiger partial charge < -0.3 is 35.4 Å². The van der Waals surface area contributed by atoms with Crippen molar-refractivity contribution in [3.05, 3.63) is 22.3 Å². The van der Waals surface area contributed by atoms with Gasteiger partial charge in [0, 0.05) is 16.7 Å². The number of quaternary nitrogens is 1. The summed E-state index contributed by atoms with van der Waals surface area (Å²) in [7, 11) is 4.98. The lowest BCUT2D eigenvalue weighted by molar-refractivity contribution is -0.885. The lowest BCUT2D eigenvalue weighted by Gasteiger charge is -2.51. The molecule has 4 N–H and O–H groups in total. The highest BCUT2D eigenvalue weighted by Crippen LogP contribution is 2.40. The SMILES string of the molecule is CO/N=C(\C(=O)NC1C(=O)N2C(C(=O)[O-])=C(C[N+](C)(C)CCO)CSC12)c1csc(N)n1. The number of carbonyl (C=O) groups is 3. The third-order valence-corrected chi connectivity index (χ3v) is 7.03.